The van der Waals surface area contributed by atoms with Crippen LogP contribution in [0.25, 0.3) is 0 Å². The second-order valence-electron chi connectivity index (χ2n) is 4.92. The van der Waals surface area contributed by atoms with E-state index in [2.05, 4.69) is 25.6 Å². The molecule has 7 heteroatoms. The van der Waals surface area contributed by atoms with Crippen molar-refractivity contribution in [2.75, 3.05) is 5.32 Å². The minimum absolute atomic E-state index is 0.275. The summed E-state index contributed by atoms with van der Waals surface area (Å²) < 4.78 is 0. The van der Waals surface area contributed by atoms with Crippen molar-refractivity contribution < 1.29 is 4.79 Å². The van der Waals surface area contributed by atoms with Crippen molar-refractivity contribution in [2.45, 2.75) is 6.54 Å². The number of pyridine rings is 1. The second kappa shape index (κ2) is 7.52. The Labute approximate surface area is 143 Å². The SMILES string of the molecule is O=C(NCc1ccccn1)c1cc(Nc2ccc(Cl)cc2)ncn1. The van der Waals surface area contributed by atoms with Gasteiger partial charge in [0.05, 0.1) is 12.2 Å². The van der Waals surface area contributed by atoms with Gasteiger partial charge in [0.15, 0.2) is 0 Å². The molecule has 1 amide bonds. The highest BCUT2D eigenvalue weighted by molar-refractivity contribution is 6.30. The van der Waals surface area contributed by atoms with Crippen LogP contribution in [0.5, 0.6) is 0 Å². The lowest BCUT2D eigenvalue weighted by Gasteiger charge is -2.07. The lowest BCUT2D eigenvalue weighted by atomic mass is 10.3. The molecule has 0 unspecified atom stereocenters. The molecule has 0 saturated carbocycles. The summed E-state index contributed by atoms with van der Waals surface area (Å²) >= 11 is 5.86. The van der Waals surface area contributed by atoms with Crippen molar-refractivity contribution in [3.05, 3.63) is 77.5 Å². The summed E-state index contributed by atoms with van der Waals surface area (Å²) in [6.45, 7) is 0.337. The van der Waals surface area contributed by atoms with Gasteiger partial charge in [-0.2, -0.15) is 0 Å². The third kappa shape index (κ3) is 4.27. The average molecular weight is 340 g/mol. The Morgan fingerprint density at radius 1 is 1.04 bits per heavy atom. The molecule has 0 aliphatic heterocycles. The first-order valence-electron chi connectivity index (χ1n) is 7.23. The minimum atomic E-state index is -0.290. The van der Waals surface area contributed by atoms with Crippen molar-refractivity contribution in [3.8, 4) is 0 Å². The number of rotatable bonds is 5. The van der Waals surface area contributed by atoms with E-state index in [0.29, 0.717) is 17.4 Å². The maximum absolute atomic E-state index is 12.2. The number of benzene rings is 1. The standard InChI is InChI=1S/C17H14ClN5O/c18-12-4-6-13(7-5-12)23-16-9-15(21-11-22-16)17(24)20-10-14-3-1-2-8-19-14/h1-9,11H,10H2,(H,20,24)(H,21,22,23). The van der Waals surface area contributed by atoms with Gasteiger partial charge in [0.25, 0.3) is 5.91 Å². The minimum Gasteiger partial charge on any atom is -0.345 e. The van der Waals surface area contributed by atoms with Gasteiger partial charge >= 0.3 is 0 Å². The van der Waals surface area contributed by atoms with E-state index in [1.807, 2.05) is 30.3 Å². The number of hydrogen-bond donors (Lipinski definition) is 2. The zero-order valence-electron chi connectivity index (χ0n) is 12.6. The van der Waals surface area contributed by atoms with Gasteiger partial charge in [-0.3, -0.25) is 9.78 Å². The Morgan fingerprint density at radius 3 is 2.62 bits per heavy atom. The quantitative estimate of drug-likeness (QED) is 0.746. The molecule has 0 fully saturated rings. The molecule has 0 atom stereocenters. The van der Waals surface area contributed by atoms with E-state index in [1.54, 1.807) is 24.4 Å². The number of halogens is 1. The molecule has 2 N–H and O–H groups in total. The van der Waals surface area contributed by atoms with Crippen LogP contribution in [0.15, 0.2) is 61.1 Å². The number of hydrogen-bond acceptors (Lipinski definition) is 5. The Hall–Kier alpha value is -2.99. The van der Waals surface area contributed by atoms with Gasteiger partial charge in [0.1, 0.15) is 17.8 Å². The summed E-state index contributed by atoms with van der Waals surface area (Å²) in [6, 6.07) is 14.3. The van der Waals surface area contributed by atoms with E-state index in [0.717, 1.165) is 11.4 Å². The van der Waals surface area contributed by atoms with Crippen LogP contribution in [0.1, 0.15) is 16.2 Å². The van der Waals surface area contributed by atoms with Crippen LogP contribution in [0.2, 0.25) is 5.02 Å². The molecule has 1 aromatic carbocycles. The number of carbonyl (C=O) groups excluding carboxylic acids is 1. The highest BCUT2D eigenvalue weighted by Crippen LogP contribution is 2.17. The normalized spacial score (nSPS) is 10.2. The third-order valence-electron chi connectivity index (χ3n) is 3.17. The zero-order valence-corrected chi connectivity index (χ0v) is 13.4. The number of aromatic nitrogens is 3. The summed E-state index contributed by atoms with van der Waals surface area (Å²) in [5, 5.41) is 6.53. The van der Waals surface area contributed by atoms with E-state index in [9.17, 15) is 4.79 Å². The second-order valence-corrected chi connectivity index (χ2v) is 5.36. The molecule has 6 nitrogen and oxygen atoms in total. The molecular formula is C17H14ClN5O. The van der Waals surface area contributed by atoms with Gasteiger partial charge in [0, 0.05) is 23.0 Å². The Morgan fingerprint density at radius 2 is 1.88 bits per heavy atom. The zero-order chi connectivity index (χ0) is 16.8. The monoisotopic (exact) mass is 339 g/mol. The Balaban J connectivity index is 1.65. The topological polar surface area (TPSA) is 79.8 Å². The molecule has 2 heterocycles. The molecule has 0 spiro atoms. The Kier molecular flexibility index (Phi) is 4.98. The first kappa shape index (κ1) is 15.9. The summed E-state index contributed by atoms with van der Waals surface area (Å²) in [5.41, 5.74) is 1.87. The van der Waals surface area contributed by atoms with Crippen LogP contribution < -0.4 is 10.6 Å². The molecule has 24 heavy (non-hydrogen) atoms. The molecule has 0 aliphatic rings. The van der Waals surface area contributed by atoms with Gasteiger partial charge in [0.2, 0.25) is 0 Å². The highest BCUT2D eigenvalue weighted by Gasteiger charge is 2.09. The van der Waals surface area contributed by atoms with Crippen LogP contribution in [-0.4, -0.2) is 20.9 Å². The van der Waals surface area contributed by atoms with E-state index in [4.69, 9.17) is 11.6 Å². The predicted molar refractivity (Wildman–Crippen MR) is 92.2 cm³/mol. The number of nitrogens with zero attached hydrogens (tertiary/aromatic N) is 3. The van der Waals surface area contributed by atoms with Crippen molar-refractivity contribution in [3.63, 3.8) is 0 Å². The van der Waals surface area contributed by atoms with Gasteiger partial charge in [-0.1, -0.05) is 17.7 Å². The maximum Gasteiger partial charge on any atom is 0.270 e. The summed E-state index contributed by atoms with van der Waals surface area (Å²) in [6.07, 6.45) is 3.02. The largest absolute Gasteiger partial charge is 0.345 e. The van der Waals surface area contributed by atoms with Gasteiger partial charge in [-0.25, -0.2) is 9.97 Å². The van der Waals surface area contributed by atoms with E-state index in [1.165, 1.54) is 6.33 Å². The maximum atomic E-state index is 12.2. The van der Waals surface area contributed by atoms with Gasteiger partial charge in [-0.15, -0.1) is 0 Å². The lowest BCUT2D eigenvalue weighted by molar-refractivity contribution is 0.0945. The van der Waals surface area contributed by atoms with Crippen LogP contribution >= 0.6 is 11.6 Å². The molecule has 0 saturated heterocycles. The number of nitrogens with one attached hydrogen (secondary N) is 2. The molecule has 2 aromatic heterocycles. The molecule has 3 aromatic rings. The molecule has 0 bridgehead atoms. The Bertz CT molecular complexity index is 824. The summed E-state index contributed by atoms with van der Waals surface area (Å²) in [4.78, 5) is 24.5. The number of anilines is 2. The fourth-order valence-electron chi connectivity index (χ4n) is 2.00. The van der Waals surface area contributed by atoms with Crippen molar-refractivity contribution in [2.24, 2.45) is 0 Å². The number of amides is 1. The van der Waals surface area contributed by atoms with Gasteiger partial charge < -0.3 is 10.6 Å². The fourth-order valence-corrected chi connectivity index (χ4v) is 2.12. The van der Waals surface area contributed by atoms with Crippen molar-refractivity contribution in [1.29, 1.82) is 0 Å². The van der Waals surface area contributed by atoms with Crippen molar-refractivity contribution >= 4 is 29.0 Å². The molecule has 3 rings (SSSR count). The fraction of sp³-hybridized carbons (Fsp3) is 0.0588. The van der Waals surface area contributed by atoms with Crippen LogP contribution in [0.3, 0.4) is 0 Å². The van der Waals surface area contributed by atoms with Crippen molar-refractivity contribution in [1.82, 2.24) is 20.3 Å². The van der Waals surface area contributed by atoms with Gasteiger partial charge in [-0.05, 0) is 36.4 Å². The van der Waals surface area contributed by atoms with E-state index < -0.39 is 0 Å². The van der Waals surface area contributed by atoms with Crippen LogP contribution in [-0.2, 0) is 6.54 Å². The highest BCUT2D eigenvalue weighted by atomic mass is 35.5. The number of carbonyl (C=O) groups is 1. The molecule has 120 valence electrons. The average Bonchev–Trinajstić information content (AvgIpc) is 2.63. The predicted octanol–water partition coefficient (Wildman–Crippen LogP) is 3.20. The molecular weight excluding hydrogens is 326 g/mol. The summed E-state index contributed by atoms with van der Waals surface area (Å²) in [5.74, 6) is 0.234. The molecule has 0 radical (unpaired) electrons. The third-order valence-corrected chi connectivity index (χ3v) is 3.42. The lowest BCUT2D eigenvalue weighted by Crippen LogP contribution is -2.24. The van der Waals surface area contributed by atoms with E-state index >= 15 is 0 Å². The summed E-state index contributed by atoms with van der Waals surface area (Å²) in [7, 11) is 0. The first-order valence-corrected chi connectivity index (χ1v) is 7.61. The van der Waals surface area contributed by atoms with E-state index in [-0.39, 0.29) is 11.6 Å². The van der Waals surface area contributed by atoms with Crippen LogP contribution in [0.4, 0.5) is 11.5 Å². The molecule has 0 aliphatic carbocycles. The smallest absolute Gasteiger partial charge is 0.270 e. The van der Waals surface area contributed by atoms with Crippen LogP contribution in [0, 0.1) is 0 Å². The first-order chi connectivity index (χ1) is 11.7.